The standard InChI is InChI=1S/C13H14N2O5/c1-6-7-4-9(16)10(17)5-8(7)15(12(20)14-6)13(2,3)11(18)19/h4-5,16-17H,1-3H3,(H,18,19). The summed E-state index contributed by atoms with van der Waals surface area (Å²) in [6.45, 7) is 4.28. The van der Waals surface area contributed by atoms with Gasteiger partial charge in [0.1, 0.15) is 5.54 Å². The molecule has 0 bridgehead atoms. The molecule has 2 rings (SSSR count). The molecule has 1 aromatic carbocycles. The average molecular weight is 278 g/mol. The van der Waals surface area contributed by atoms with Crippen molar-refractivity contribution in [1.29, 1.82) is 0 Å². The Kier molecular flexibility index (Phi) is 2.93. The molecule has 0 atom stereocenters. The van der Waals surface area contributed by atoms with Crippen molar-refractivity contribution in [1.82, 2.24) is 9.55 Å². The van der Waals surface area contributed by atoms with Crippen molar-refractivity contribution in [2.75, 3.05) is 0 Å². The molecular formula is C13H14N2O5. The zero-order valence-electron chi connectivity index (χ0n) is 11.2. The number of aromatic hydroxyl groups is 2. The molecule has 0 saturated carbocycles. The summed E-state index contributed by atoms with van der Waals surface area (Å²) in [5, 5.41) is 28.8. The minimum absolute atomic E-state index is 0.199. The maximum atomic E-state index is 12.0. The first kappa shape index (κ1) is 13.9. The maximum absolute atomic E-state index is 12.0. The van der Waals surface area contributed by atoms with Gasteiger partial charge in [0.15, 0.2) is 11.5 Å². The van der Waals surface area contributed by atoms with Crippen LogP contribution in [0.1, 0.15) is 19.5 Å². The van der Waals surface area contributed by atoms with Gasteiger partial charge in [-0.2, -0.15) is 4.98 Å². The molecule has 1 aromatic heterocycles. The fourth-order valence-corrected chi connectivity index (χ4v) is 2.03. The fourth-order valence-electron chi connectivity index (χ4n) is 2.03. The lowest BCUT2D eigenvalue weighted by Gasteiger charge is -2.24. The molecule has 106 valence electrons. The Labute approximate surface area is 113 Å². The molecule has 3 N–H and O–H groups in total. The molecule has 2 aromatic rings. The lowest BCUT2D eigenvalue weighted by atomic mass is 10.0. The number of rotatable bonds is 2. The molecule has 0 aliphatic carbocycles. The van der Waals surface area contributed by atoms with E-state index in [-0.39, 0.29) is 11.3 Å². The van der Waals surface area contributed by atoms with Crippen molar-refractivity contribution in [2.45, 2.75) is 26.3 Å². The lowest BCUT2D eigenvalue weighted by Crippen LogP contribution is -2.44. The summed E-state index contributed by atoms with van der Waals surface area (Å²) in [6.07, 6.45) is 0. The normalized spacial score (nSPS) is 11.8. The van der Waals surface area contributed by atoms with Crippen molar-refractivity contribution < 1.29 is 20.1 Å². The molecule has 0 spiro atoms. The number of hydrogen-bond donors (Lipinski definition) is 3. The maximum Gasteiger partial charge on any atom is 0.349 e. The average Bonchev–Trinajstić information content (AvgIpc) is 2.31. The Morgan fingerprint density at radius 2 is 1.80 bits per heavy atom. The number of phenolic OH excluding ortho intramolecular Hbond substituents is 2. The van der Waals surface area contributed by atoms with E-state index in [1.807, 2.05) is 0 Å². The zero-order chi connectivity index (χ0) is 15.2. The van der Waals surface area contributed by atoms with E-state index in [4.69, 9.17) is 0 Å². The molecule has 0 radical (unpaired) electrons. The third-order valence-electron chi connectivity index (χ3n) is 3.26. The van der Waals surface area contributed by atoms with Gasteiger partial charge in [-0.25, -0.2) is 9.59 Å². The SMILES string of the molecule is Cc1nc(=O)n(C(C)(C)C(=O)O)c2cc(O)c(O)cc12. The molecule has 7 nitrogen and oxygen atoms in total. The van der Waals surface area contributed by atoms with Crippen molar-refractivity contribution in [2.24, 2.45) is 0 Å². The van der Waals surface area contributed by atoms with Crippen molar-refractivity contribution in [3.05, 3.63) is 28.3 Å². The molecule has 0 fully saturated rings. The van der Waals surface area contributed by atoms with E-state index < -0.39 is 22.9 Å². The van der Waals surface area contributed by atoms with Crippen LogP contribution in [0.2, 0.25) is 0 Å². The number of hydrogen-bond acceptors (Lipinski definition) is 5. The summed E-state index contributed by atoms with van der Waals surface area (Å²) in [5.41, 5.74) is -1.73. The molecule has 0 aliphatic rings. The number of nitrogens with zero attached hydrogens (tertiary/aromatic N) is 2. The predicted octanol–water partition coefficient (Wildman–Crippen LogP) is 0.936. The molecule has 0 unspecified atom stereocenters. The van der Waals surface area contributed by atoms with Crippen LogP contribution in [-0.2, 0) is 10.3 Å². The number of aliphatic carboxylic acids is 1. The van der Waals surface area contributed by atoms with E-state index in [9.17, 15) is 24.9 Å². The van der Waals surface area contributed by atoms with E-state index >= 15 is 0 Å². The summed E-state index contributed by atoms with van der Waals surface area (Å²) in [7, 11) is 0. The van der Waals surface area contributed by atoms with Gasteiger partial charge in [0.25, 0.3) is 0 Å². The first-order valence-electron chi connectivity index (χ1n) is 5.85. The lowest BCUT2D eigenvalue weighted by molar-refractivity contribution is -0.145. The van der Waals surface area contributed by atoms with E-state index in [0.29, 0.717) is 11.1 Å². The van der Waals surface area contributed by atoms with E-state index in [0.717, 1.165) is 10.6 Å². The minimum Gasteiger partial charge on any atom is -0.504 e. The minimum atomic E-state index is -1.54. The molecule has 0 amide bonds. The Morgan fingerprint density at radius 3 is 2.35 bits per heavy atom. The van der Waals surface area contributed by atoms with Crippen molar-refractivity contribution in [3.63, 3.8) is 0 Å². The highest BCUT2D eigenvalue weighted by atomic mass is 16.4. The fraction of sp³-hybridized carbons (Fsp3) is 0.308. The number of carboxylic acids is 1. The van der Waals surface area contributed by atoms with Crippen LogP contribution in [0, 0.1) is 6.92 Å². The molecule has 7 heteroatoms. The number of aromatic nitrogens is 2. The number of fused-ring (bicyclic) bond motifs is 1. The number of carboxylic acid groups (broad SMARTS) is 1. The van der Waals surface area contributed by atoms with Gasteiger partial charge < -0.3 is 15.3 Å². The smallest absolute Gasteiger partial charge is 0.349 e. The van der Waals surface area contributed by atoms with Gasteiger partial charge in [-0.1, -0.05) is 0 Å². The van der Waals surface area contributed by atoms with Crippen LogP contribution in [0.5, 0.6) is 11.5 Å². The highest BCUT2D eigenvalue weighted by Gasteiger charge is 2.32. The van der Waals surface area contributed by atoms with E-state index in [1.165, 1.54) is 19.9 Å². The quantitative estimate of drug-likeness (QED) is 0.704. The molecule has 20 heavy (non-hydrogen) atoms. The second kappa shape index (κ2) is 4.22. The Hall–Kier alpha value is -2.57. The topological polar surface area (TPSA) is 113 Å². The summed E-state index contributed by atoms with van der Waals surface area (Å²) in [4.78, 5) is 27.2. The third kappa shape index (κ3) is 1.87. The van der Waals surface area contributed by atoms with Gasteiger partial charge >= 0.3 is 11.7 Å². The van der Waals surface area contributed by atoms with Crippen LogP contribution in [0.3, 0.4) is 0 Å². The Bertz CT molecular complexity index is 776. The van der Waals surface area contributed by atoms with Gasteiger partial charge in [0, 0.05) is 11.5 Å². The zero-order valence-corrected chi connectivity index (χ0v) is 11.2. The van der Waals surface area contributed by atoms with Gasteiger partial charge in [-0.05, 0) is 26.8 Å². The second-order valence-corrected chi connectivity index (χ2v) is 5.04. The van der Waals surface area contributed by atoms with E-state index in [2.05, 4.69) is 4.98 Å². The van der Waals surface area contributed by atoms with Gasteiger partial charge in [-0.3, -0.25) is 4.57 Å². The Balaban J connectivity index is 3.02. The summed E-state index contributed by atoms with van der Waals surface area (Å²) in [6, 6.07) is 2.41. The third-order valence-corrected chi connectivity index (χ3v) is 3.26. The van der Waals surface area contributed by atoms with Crippen LogP contribution in [0.15, 0.2) is 16.9 Å². The number of phenols is 2. The van der Waals surface area contributed by atoms with Crippen molar-refractivity contribution in [3.8, 4) is 11.5 Å². The predicted molar refractivity (Wildman–Crippen MR) is 71.0 cm³/mol. The van der Waals surface area contributed by atoms with Gasteiger partial charge in [0.05, 0.1) is 11.2 Å². The highest BCUT2D eigenvalue weighted by molar-refractivity contribution is 5.87. The van der Waals surface area contributed by atoms with Crippen LogP contribution >= 0.6 is 0 Å². The first-order valence-corrected chi connectivity index (χ1v) is 5.85. The number of carbonyl (C=O) groups is 1. The largest absolute Gasteiger partial charge is 0.504 e. The van der Waals surface area contributed by atoms with Crippen LogP contribution in [0.4, 0.5) is 0 Å². The van der Waals surface area contributed by atoms with Crippen LogP contribution in [0.25, 0.3) is 10.9 Å². The number of benzene rings is 1. The van der Waals surface area contributed by atoms with Gasteiger partial charge in [0.2, 0.25) is 0 Å². The molecule has 0 aliphatic heterocycles. The first-order chi connectivity index (χ1) is 9.16. The summed E-state index contributed by atoms with van der Waals surface area (Å²) < 4.78 is 0.983. The highest BCUT2D eigenvalue weighted by Crippen LogP contribution is 2.32. The van der Waals surface area contributed by atoms with Crippen molar-refractivity contribution >= 4 is 16.9 Å². The molecule has 0 saturated heterocycles. The number of aryl methyl sites for hydroxylation is 1. The summed E-state index contributed by atoms with van der Waals surface area (Å²) in [5.74, 6) is -2.00. The van der Waals surface area contributed by atoms with Crippen LogP contribution < -0.4 is 5.69 Å². The molecule has 1 heterocycles. The monoisotopic (exact) mass is 278 g/mol. The summed E-state index contributed by atoms with van der Waals surface area (Å²) >= 11 is 0. The molecular weight excluding hydrogens is 264 g/mol. The Morgan fingerprint density at radius 1 is 1.25 bits per heavy atom. The van der Waals surface area contributed by atoms with Gasteiger partial charge in [-0.15, -0.1) is 0 Å². The second-order valence-electron chi connectivity index (χ2n) is 5.04. The van der Waals surface area contributed by atoms with Crippen LogP contribution in [-0.4, -0.2) is 30.8 Å². The van der Waals surface area contributed by atoms with E-state index in [1.54, 1.807) is 6.92 Å².